The number of aryl methyl sites for hydroxylation is 1. The third kappa shape index (κ3) is 3.01. The zero-order valence-corrected chi connectivity index (χ0v) is 14.3. The zero-order chi connectivity index (χ0) is 17.4. The maximum atomic E-state index is 12.9. The SMILES string of the molecule is Cc1nnc2n1CCN(C(=O)C1CC(=O)N(Cc3ccccc3)C1)C2. The molecule has 4 rings (SSSR count). The molecule has 0 saturated carbocycles. The lowest BCUT2D eigenvalue weighted by Gasteiger charge is -2.29. The first-order chi connectivity index (χ1) is 12.1. The number of rotatable bonds is 3. The molecule has 1 atom stereocenters. The highest BCUT2D eigenvalue weighted by Gasteiger charge is 2.37. The average molecular weight is 339 g/mol. The van der Waals surface area contributed by atoms with Crippen molar-refractivity contribution in [3.05, 3.63) is 47.5 Å². The smallest absolute Gasteiger partial charge is 0.228 e. The molecular weight excluding hydrogens is 318 g/mol. The van der Waals surface area contributed by atoms with E-state index >= 15 is 0 Å². The quantitative estimate of drug-likeness (QED) is 0.836. The molecule has 130 valence electrons. The first-order valence-electron chi connectivity index (χ1n) is 8.61. The first kappa shape index (κ1) is 15.8. The minimum absolute atomic E-state index is 0.0517. The summed E-state index contributed by atoms with van der Waals surface area (Å²) in [5.74, 6) is 1.55. The fraction of sp³-hybridized carbons (Fsp3) is 0.444. The summed E-state index contributed by atoms with van der Waals surface area (Å²) in [5.41, 5.74) is 1.09. The van der Waals surface area contributed by atoms with Crippen molar-refractivity contribution in [2.45, 2.75) is 33.0 Å². The van der Waals surface area contributed by atoms with Gasteiger partial charge in [0.15, 0.2) is 5.82 Å². The molecule has 0 radical (unpaired) electrons. The summed E-state index contributed by atoms with van der Waals surface area (Å²) < 4.78 is 2.05. The van der Waals surface area contributed by atoms with Crippen molar-refractivity contribution < 1.29 is 9.59 Å². The molecule has 0 N–H and O–H groups in total. The van der Waals surface area contributed by atoms with Gasteiger partial charge in [-0.25, -0.2) is 0 Å². The number of nitrogens with zero attached hydrogens (tertiary/aromatic N) is 5. The topological polar surface area (TPSA) is 71.3 Å². The number of amides is 2. The van der Waals surface area contributed by atoms with Crippen LogP contribution in [0.2, 0.25) is 0 Å². The Morgan fingerprint density at radius 1 is 1.20 bits per heavy atom. The minimum Gasteiger partial charge on any atom is -0.338 e. The molecule has 1 aromatic carbocycles. The van der Waals surface area contributed by atoms with Crippen LogP contribution in [0.5, 0.6) is 0 Å². The fourth-order valence-corrected chi connectivity index (χ4v) is 3.64. The molecule has 0 spiro atoms. The molecule has 7 heteroatoms. The predicted molar refractivity (Wildman–Crippen MR) is 90.1 cm³/mol. The van der Waals surface area contributed by atoms with Gasteiger partial charge in [0.1, 0.15) is 5.82 Å². The van der Waals surface area contributed by atoms with Crippen molar-refractivity contribution >= 4 is 11.8 Å². The Balaban J connectivity index is 1.41. The number of aromatic nitrogens is 3. The van der Waals surface area contributed by atoms with Crippen LogP contribution in [0.25, 0.3) is 0 Å². The Morgan fingerprint density at radius 3 is 2.80 bits per heavy atom. The minimum atomic E-state index is -0.258. The predicted octanol–water partition coefficient (Wildman–Crippen LogP) is 0.977. The molecule has 1 aromatic heterocycles. The van der Waals surface area contributed by atoms with Gasteiger partial charge in [0.25, 0.3) is 0 Å². The van der Waals surface area contributed by atoms with Crippen molar-refractivity contribution in [2.24, 2.45) is 5.92 Å². The molecule has 3 heterocycles. The third-order valence-electron chi connectivity index (χ3n) is 5.03. The number of likely N-dealkylation sites (tertiary alicyclic amines) is 1. The molecular formula is C18H21N5O2. The molecule has 2 aliphatic heterocycles. The van der Waals surface area contributed by atoms with Gasteiger partial charge in [-0.2, -0.15) is 0 Å². The zero-order valence-electron chi connectivity index (χ0n) is 14.3. The van der Waals surface area contributed by atoms with Crippen LogP contribution in [0.4, 0.5) is 0 Å². The van der Waals surface area contributed by atoms with E-state index in [1.807, 2.05) is 46.7 Å². The summed E-state index contributed by atoms with van der Waals surface area (Å²) in [4.78, 5) is 28.8. The molecule has 2 aromatic rings. The summed E-state index contributed by atoms with van der Waals surface area (Å²) in [5, 5.41) is 8.22. The standard InChI is InChI=1S/C18H21N5O2/c1-13-19-20-16-12-21(7-8-23(13)16)18(25)15-9-17(24)22(11-15)10-14-5-3-2-4-6-14/h2-6,15H,7-12H2,1H3. The second kappa shape index (κ2) is 6.31. The molecule has 2 amide bonds. The number of hydrogen-bond acceptors (Lipinski definition) is 4. The summed E-state index contributed by atoms with van der Waals surface area (Å²) in [6, 6.07) is 9.89. The highest BCUT2D eigenvalue weighted by Crippen LogP contribution is 2.24. The molecule has 0 bridgehead atoms. The van der Waals surface area contributed by atoms with Crippen LogP contribution < -0.4 is 0 Å². The van der Waals surface area contributed by atoms with E-state index in [1.54, 1.807) is 4.90 Å². The summed E-state index contributed by atoms with van der Waals surface area (Å²) in [6.07, 6.45) is 0.299. The molecule has 0 aliphatic carbocycles. The van der Waals surface area contributed by atoms with E-state index < -0.39 is 0 Å². The van der Waals surface area contributed by atoms with Crippen LogP contribution in [0, 0.1) is 12.8 Å². The van der Waals surface area contributed by atoms with E-state index in [0.717, 1.165) is 17.2 Å². The average Bonchev–Trinajstić information content (AvgIpc) is 3.18. The number of benzene rings is 1. The van der Waals surface area contributed by atoms with Crippen molar-refractivity contribution in [1.82, 2.24) is 24.6 Å². The van der Waals surface area contributed by atoms with Gasteiger partial charge in [0.2, 0.25) is 11.8 Å². The molecule has 1 fully saturated rings. The summed E-state index contributed by atoms with van der Waals surface area (Å²) in [7, 11) is 0. The number of hydrogen-bond donors (Lipinski definition) is 0. The lowest BCUT2D eigenvalue weighted by Crippen LogP contribution is -2.42. The van der Waals surface area contributed by atoms with Crippen molar-refractivity contribution in [1.29, 1.82) is 0 Å². The maximum absolute atomic E-state index is 12.9. The van der Waals surface area contributed by atoms with E-state index in [2.05, 4.69) is 10.2 Å². The lowest BCUT2D eigenvalue weighted by atomic mass is 10.1. The highest BCUT2D eigenvalue weighted by molar-refractivity contribution is 5.89. The Labute approximate surface area is 146 Å². The second-order valence-corrected chi connectivity index (χ2v) is 6.74. The number of carbonyl (C=O) groups is 2. The Bertz CT molecular complexity index is 801. The van der Waals surface area contributed by atoms with Crippen LogP contribution in [0.3, 0.4) is 0 Å². The van der Waals surface area contributed by atoms with Crippen molar-refractivity contribution in [2.75, 3.05) is 13.1 Å². The summed E-state index contributed by atoms with van der Waals surface area (Å²) in [6.45, 7) is 4.82. The van der Waals surface area contributed by atoms with Gasteiger partial charge >= 0.3 is 0 Å². The second-order valence-electron chi connectivity index (χ2n) is 6.74. The largest absolute Gasteiger partial charge is 0.338 e. The van der Waals surface area contributed by atoms with E-state index in [0.29, 0.717) is 39.1 Å². The molecule has 7 nitrogen and oxygen atoms in total. The normalized spacial score (nSPS) is 20.0. The molecule has 2 aliphatic rings. The van der Waals surface area contributed by atoms with E-state index in [4.69, 9.17) is 0 Å². The third-order valence-corrected chi connectivity index (χ3v) is 5.03. The lowest BCUT2D eigenvalue weighted by molar-refractivity contribution is -0.137. The monoisotopic (exact) mass is 339 g/mol. The van der Waals surface area contributed by atoms with Crippen LogP contribution in [-0.2, 0) is 29.2 Å². The van der Waals surface area contributed by atoms with Crippen LogP contribution in [0.1, 0.15) is 23.6 Å². The van der Waals surface area contributed by atoms with Crippen LogP contribution in [0.15, 0.2) is 30.3 Å². The van der Waals surface area contributed by atoms with E-state index in [9.17, 15) is 9.59 Å². The van der Waals surface area contributed by atoms with Crippen LogP contribution >= 0.6 is 0 Å². The van der Waals surface area contributed by atoms with E-state index in [1.165, 1.54) is 0 Å². The van der Waals surface area contributed by atoms with Crippen molar-refractivity contribution in [3.8, 4) is 0 Å². The van der Waals surface area contributed by atoms with Gasteiger partial charge in [0.05, 0.1) is 12.5 Å². The number of fused-ring (bicyclic) bond motifs is 1. The van der Waals surface area contributed by atoms with Gasteiger partial charge in [-0.1, -0.05) is 30.3 Å². The Morgan fingerprint density at radius 2 is 2.00 bits per heavy atom. The first-order valence-corrected chi connectivity index (χ1v) is 8.61. The molecule has 1 saturated heterocycles. The Hall–Kier alpha value is -2.70. The maximum Gasteiger partial charge on any atom is 0.228 e. The fourth-order valence-electron chi connectivity index (χ4n) is 3.64. The van der Waals surface area contributed by atoms with Crippen LogP contribution in [-0.4, -0.2) is 49.5 Å². The van der Waals surface area contributed by atoms with Gasteiger partial charge in [-0.15, -0.1) is 10.2 Å². The molecule has 25 heavy (non-hydrogen) atoms. The highest BCUT2D eigenvalue weighted by atomic mass is 16.2. The van der Waals surface area contributed by atoms with Gasteiger partial charge in [-0.05, 0) is 12.5 Å². The number of carbonyl (C=O) groups excluding carboxylic acids is 2. The van der Waals surface area contributed by atoms with Gasteiger partial charge in [-0.3, -0.25) is 9.59 Å². The Kier molecular flexibility index (Phi) is 3.99. The van der Waals surface area contributed by atoms with Crippen molar-refractivity contribution in [3.63, 3.8) is 0 Å². The van der Waals surface area contributed by atoms with Gasteiger partial charge < -0.3 is 14.4 Å². The summed E-state index contributed by atoms with van der Waals surface area (Å²) >= 11 is 0. The van der Waals surface area contributed by atoms with Gasteiger partial charge in [0, 0.05) is 32.6 Å². The molecule has 1 unspecified atom stereocenters. The van der Waals surface area contributed by atoms with E-state index in [-0.39, 0.29) is 17.7 Å².